The molecule has 6 rings (SSSR count). The summed E-state index contributed by atoms with van der Waals surface area (Å²) in [6.45, 7) is 2.15. The van der Waals surface area contributed by atoms with Gasteiger partial charge in [0.25, 0.3) is 5.91 Å². The molecule has 9 nitrogen and oxygen atoms in total. The van der Waals surface area contributed by atoms with Gasteiger partial charge in [0.15, 0.2) is 11.5 Å². The Morgan fingerprint density at radius 1 is 0.976 bits per heavy atom. The van der Waals surface area contributed by atoms with Gasteiger partial charge in [-0.25, -0.2) is 4.68 Å². The number of hydrogen-bond donors (Lipinski definition) is 1. The van der Waals surface area contributed by atoms with E-state index in [-0.39, 0.29) is 31.7 Å². The predicted octanol–water partition coefficient (Wildman–Crippen LogP) is 5.53. The van der Waals surface area contributed by atoms with Gasteiger partial charge >= 0.3 is 0 Å². The molecule has 2 amide bonds. The van der Waals surface area contributed by atoms with E-state index in [1.54, 1.807) is 39.9 Å². The van der Waals surface area contributed by atoms with E-state index >= 15 is 0 Å². The highest BCUT2D eigenvalue weighted by Crippen LogP contribution is 2.35. The second kappa shape index (κ2) is 11.3. The van der Waals surface area contributed by atoms with E-state index in [1.165, 1.54) is 0 Å². The van der Waals surface area contributed by atoms with Gasteiger partial charge in [-0.15, -0.1) is 5.10 Å². The smallest absolute Gasteiger partial charge is 0.251 e. The van der Waals surface area contributed by atoms with Crippen molar-refractivity contribution in [2.45, 2.75) is 26.1 Å². The van der Waals surface area contributed by atoms with Crippen LogP contribution < -0.4 is 14.8 Å². The number of aromatic nitrogens is 3. The summed E-state index contributed by atoms with van der Waals surface area (Å²) in [5.74, 6) is 0.472. The van der Waals surface area contributed by atoms with Gasteiger partial charge in [-0.2, -0.15) is 0 Å². The minimum absolute atomic E-state index is 0.103. The summed E-state index contributed by atoms with van der Waals surface area (Å²) >= 11 is 6.13. The van der Waals surface area contributed by atoms with E-state index in [4.69, 9.17) is 21.1 Å². The zero-order chi connectivity index (χ0) is 28.3. The summed E-state index contributed by atoms with van der Waals surface area (Å²) in [5.41, 5.74) is 4.45. The number of rotatable bonds is 8. The van der Waals surface area contributed by atoms with Gasteiger partial charge in [0.05, 0.1) is 5.52 Å². The Labute approximate surface area is 241 Å². The van der Waals surface area contributed by atoms with Gasteiger partial charge in [0.2, 0.25) is 12.7 Å². The van der Waals surface area contributed by atoms with Crippen molar-refractivity contribution in [3.05, 3.63) is 113 Å². The average Bonchev–Trinajstić information content (AvgIpc) is 3.61. The number of nitrogens with one attached hydrogen (secondary N) is 1. The molecule has 10 heteroatoms. The summed E-state index contributed by atoms with van der Waals surface area (Å²) in [4.78, 5) is 29.7. The lowest BCUT2D eigenvalue weighted by Crippen LogP contribution is -2.42. The Kier molecular flexibility index (Phi) is 7.26. The van der Waals surface area contributed by atoms with Gasteiger partial charge in [-0.3, -0.25) is 9.59 Å². The molecule has 0 spiro atoms. The van der Waals surface area contributed by atoms with Gasteiger partial charge in [-0.1, -0.05) is 70.9 Å². The number of halogens is 1. The molecule has 5 aromatic rings. The van der Waals surface area contributed by atoms with Crippen LogP contribution in [0.5, 0.6) is 11.5 Å². The molecule has 206 valence electrons. The monoisotopic (exact) mass is 567 g/mol. The van der Waals surface area contributed by atoms with Gasteiger partial charge < -0.3 is 19.7 Å². The van der Waals surface area contributed by atoms with Crippen LogP contribution in [-0.4, -0.2) is 38.5 Å². The highest BCUT2D eigenvalue weighted by atomic mass is 35.5. The first-order chi connectivity index (χ1) is 19.9. The standard InChI is InChI=1S/C31H26ClN5O4/c1-20-6-10-22(11-7-20)30(31(39)33-24-14-15-27-28(16-24)41-19-40-27)36(17-21-8-12-23(32)13-9-21)29(38)18-37-26-5-3-2-4-25(26)34-35-37/h2-16,30H,17-19H2,1H3,(H,33,39). The van der Waals surface area contributed by atoms with Crippen LogP contribution in [0.3, 0.4) is 0 Å². The normalized spacial score (nSPS) is 12.7. The van der Waals surface area contributed by atoms with Gasteiger partial charge in [0, 0.05) is 23.3 Å². The number of para-hydroxylation sites is 1. The van der Waals surface area contributed by atoms with Crippen LogP contribution in [0, 0.1) is 6.92 Å². The summed E-state index contributed by atoms with van der Waals surface area (Å²) in [5, 5.41) is 11.9. The maximum Gasteiger partial charge on any atom is 0.251 e. The zero-order valence-electron chi connectivity index (χ0n) is 22.2. The van der Waals surface area contributed by atoms with E-state index in [0.717, 1.165) is 16.6 Å². The van der Waals surface area contributed by atoms with Crippen molar-refractivity contribution >= 4 is 40.1 Å². The molecule has 1 aromatic heterocycles. The molecule has 0 radical (unpaired) electrons. The molecule has 0 saturated carbocycles. The average molecular weight is 568 g/mol. The molecule has 41 heavy (non-hydrogen) atoms. The van der Waals surface area contributed by atoms with Crippen molar-refractivity contribution in [1.82, 2.24) is 19.9 Å². The topological polar surface area (TPSA) is 98.6 Å². The van der Waals surface area contributed by atoms with Crippen LogP contribution in [0.15, 0.2) is 91.0 Å². The van der Waals surface area contributed by atoms with Crippen LogP contribution in [0.25, 0.3) is 11.0 Å². The first-order valence-electron chi connectivity index (χ1n) is 13.0. The largest absolute Gasteiger partial charge is 0.454 e. The number of carbonyl (C=O) groups is 2. The Morgan fingerprint density at radius 2 is 1.73 bits per heavy atom. The Hall–Kier alpha value is -4.89. The van der Waals surface area contributed by atoms with Gasteiger partial charge in [0.1, 0.15) is 18.1 Å². The molecule has 0 fully saturated rings. The fourth-order valence-electron chi connectivity index (χ4n) is 4.77. The molecule has 0 aliphatic carbocycles. The fourth-order valence-corrected chi connectivity index (χ4v) is 4.90. The number of benzene rings is 4. The lowest BCUT2D eigenvalue weighted by Gasteiger charge is -2.32. The highest BCUT2D eigenvalue weighted by Gasteiger charge is 2.32. The number of anilines is 1. The van der Waals surface area contributed by atoms with Crippen LogP contribution >= 0.6 is 11.6 Å². The Balaban J connectivity index is 1.38. The second-order valence-corrected chi connectivity index (χ2v) is 10.2. The third kappa shape index (κ3) is 5.71. The molecule has 1 unspecified atom stereocenters. The predicted molar refractivity (Wildman–Crippen MR) is 155 cm³/mol. The second-order valence-electron chi connectivity index (χ2n) is 9.75. The van der Waals surface area contributed by atoms with E-state index in [9.17, 15) is 9.59 Å². The van der Waals surface area contributed by atoms with E-state index in [2.05, 4.69) is 15.6 Å². The number of amides is 2. The minimum atomic E-state index is -0.959. The maximum atomic E-state index is 14.1. The third-order valence-electron chi connectivity index (χ3n) is 6.88. The van der Waals surface area contributed by atoms with Crippen molar-refractivity contribution < 1.29 is 19.1 Å². The number of nitrogens with zero attached hydrogens (tertiary/aromatic N) is 4. The number of fused-ring (bicyclic) bond motifs is 2. The molecule has 0 saturated heterocycles. The highest BCUT2D eigenvalue weighted by molar-refractivity contribution is 6.30. The first kappa shape index (κ1) is 26.3. The minimum Gasteiger partial charge on any atom is -0.454 e. The van der Waals surface area contributed by atoms with Crippen LogP contribution in [0.4, 0.5) is 5.69 Å². The van der Waals surface area contributed by atoms with Crippen LogP contribution in [0.2, 0.25) is 5.02 Å². The Bertz CT molecular complexity index is 1720. The molecule has 1 atom stereocenters. The number of hydrogen-bond acceptors (Lipinski definition) is 6. The molecule has 4 aromatic carbocycles. The Morgan fingerprint density at radius 3 is 2.54 bits per heavy atom. The van der Waals surface area contributed by atoms with Crippen molar-refractivity contribution in [3.63, 3.8) is 0 Å². The molecule has 1 aliphatic heterocycles. The first-order valence-corrected chi connectivity index (χ1v) is 13.4. The number of carbonyl (C=O) groups excluding carboxylic acids is 2. The molecule has 1 aliphatic rings. The van der Waals surface area contributed by atoms with Crippen molar-refractivity contribution in [3.8, 4) is 11.5 Å². The van der Waals surface area contributed by atoms with Crippen LogP contribution in [-0.2, 0) is 22.7 Å². The van der Waals surface area contributed by atoms with E-state index < -0.39 is 6.04 Å². The van der Waals surface area contributed by atoms with Crippen molar-refractivity contribution in [2.24, 2.45) is 0 Å². The van der Waals surface area contributed by atoms with Crippen molar-refractivity contribution in [1.29, 1.82) is 0 Å². The third-order valence-corrected chi connectivity index (χ3v) is 7.14. The molecule has 1 N–H and O–H groups in total. The van der Waals surface area contributed by atoms with Crippen LogP contribution in [0.1, 0.15) is 22.7 Å². The molecular formula is C31H26ClN5O4. The lowest BCUT2D eigenvalue weighted by molar-refractivity contribution is -0.140. The summed E-state index contributed by atoms with van der Waals surface area (Å²) in [6.07, 6.45) is 0. The zero-order valence-corrected chi connectivity index (χ0v) is 22.9. The number of ether oxygens (including phenoxy) is 2. The lowest BCUT2D eigenvalue weighted by atomic mass is 10.0. The summed E-state index contributed by atoms with van der Waals surface area (Å²) in [6, 6.07) is 26.4. The van der Waals surface area contributed by atoms with E-state index in [0.29, 0.717) is 33.3 Å². The SMILES string of the molecule is Cc1ccc(C(C(=O)Nc2ccc3c(c2)OCO3)N(Cc2ccc(Cl)cc2)C(=O)Cn2nnc3ccccc32)cc1. The summed E-state index contributed by atoms with van der Waals surface area (Å²) in [7, 11) is 0. The fraction of sp³-hybridized carbons (Fsp3) is 0.161. The van der Waals surface area contributed by atoms with E-state index in [1.807, 2.05) is 67.6 Å². The quantitative estimate of drug-likeness (QED) is 0.265. The van der Waals surface area contributed by atoms with Crippen molar-refractivity contribution in [2.75, 3.05) is 12.1 Å². The molecule has 0 bridgehead atoms. The molecular weight excluding hydrogens is 542 g/mol. The summed E-state index contributed by atoms with van der Waals surface area (Å²) < 4.78 is 12.4. The van der Waals surface area contributed by atoms with Gasteiger partial charge in [-0.05, 0) is 54.4 Å². The maximum absolute atomic E-state index is 14.1. The number of aryl methyl sites for hydroxylation is 1. The molecule has 2 heterocycles.